The summed E-state index contributed by atoms with van der Waals surface area (Å²) < 4.78 is 1.66. The van der Waals surface area contributed by atoms with Gasteiger partial charge in [-0.1, -0.05) is 12.1 Å². The molecule has 0 aliphatic heterocycles. The van der Waals surface area contributed by atoms with Gasteiger partial charge in [0.15, 0.2) is 5.78 Å². The molecule has 0 saturated heterocycles. The molecule has 25 heavy (non-hydrogen) atoms. The second-order valence-electron chi connectivity index (χ2n) is 5.41. The molecular weight excluding hydrogens is 322 g/mol. The summed E-state index contributed by atoms with van der Waals surface area (Å²) in [6.45, 7) is 1.84. The van der Waals surface area contributed by atoms with E-state index in [0.29, 0.717) is 12.2 Å². The van der Waals surface area contributed by atoms with Gasteiger partial charge < -0.3 is 5.32 Å². The normalized spacial score (nSPS) is 10.4. The van der Waals surface area contributed by atoms with Crippen molar-refractivity contribution >= 4 is 17.2 Å². The molecule has 0 saturated carbocycles. The first-order chi connectivity index (χ1) is 12.0. The number of anilines is 1. The number of carbonyl (C=O) groups is 1. The summed E-state index contributed by atoms with van der Waals surface area (Å²) in [5.41, 5.74) is 2.48. The summed E-state index contributed by atoms with van der Waals surface area (Å²) in [5, 5.41) is 18.2. The Morgan fingerprint density at radius 3 is 2.60 bits per heavy atom. The minimum absolute atomic E-state index is 0.0940. The summed E-state index contributed by atoms with van der Waals surface area (Å²) in [4.78, 5) is 25.9. The smallest absolute Gasteiger partial charge is 0.280 e. The van der Waals surface area contributed by atoms with E-state index in [1.807, 2.05) is 24.3 Å². The highest BCUT2D eigenvalue weighted by molar-refractivity contribution is 5.99. The number of Topliss-reactive ketones (excluding diaryl/α,β-unsaturated/α-hetero) is 1. The lowest BCUT2D eigenvalue weighted by Gasteiger charge is -2.09. The second kappa shape index (κ2) is 6.91. The highest BCUT2D eigenvalue weighted by atomic mass is 16.6. The molecule has 3 rings (SSSR count). The van der Waals surface area contributed by atoms with Gasteiger partial charge >= 0.3 is 0 Å². The molecule has 0 bridgehead atoms. The topological polar surface area (TPSA) is 103 Å². The molecule has 8 heteroatoms. The Bertz CT molecular complexity index is 905. The lowest BCUT2D eigenvalue weighted by Crippen LogP contribution is -2.04. The van der Waals surface area contributed by atoms with Gasteiger partial charge in [-0.05, 0) is 36.8 Å². The molecule has 2 aromatic carbocycles. The quantitative estimate of drug-likeness (QED) is 0.421. The van der Waals surface area contributed by atoms with Crippen LogP contribution >= 0.6 is 0 Å². The zero-order valence-electron chi connectivity index (χ0n) is 13.4. The third kappa shape index (κ3) is 3.69. The fourth-order valence-corrected chi connectivity index (χ4v) is 2.40. The lowest BCUT2D eigenvalue weighted by molar-refractivity contribution is -0.385. The number of nitrogens with one attached hydrogen (secondary N) is 1. The van der Waals surface area contributed by atoms with Crippen LogP contribution in [-0.4, -0.2) is 25.5 Å². The summed E-state index contributed by atoms with van der Waals surface area (Å²) in [6, 6.07) is 12.2. The van der Waals surface area contributed by atoms with E-state index >= 15 is 0 Å². The first-order valence-electron chi connectivity index (χ1n) is 7.52. The summed E-state index contributed by atoms with van der Waals surface area (Å²) in [5.74, 6) is -0.340. The summed E-state index contributed by atoms with van der Waals surface area (Å²) in [7, 11) is 0. The second-order valence-corrected chi connectivity index (χ2v) is 5.41. The van der Waals surface area contributed by atoms with Crippen molar-refractivity contribution in [1.29, 1.82) is 0 Å². The number of nitro benzene ring substituents is 1. The number of nitrogens with zero attached hydrogens (tertiary/aromatic N) is 4. The molecular formula is C17H15N5O3. The van der Waals surface area contributed by atoms with E-state index in [2.05, 4.69) is 15.4 Å². The van der Waals surface area contributed by atoms with Crippen LogP contribution in [0.25, 0.3) is 5.69 Å². The van der Waals surface area contributed by atoms with Crippen molar-refractivity contribution in [3.05, 3.63) is 76.4 Å². The maximum atomic E-state index is 11.6. The van der Waals surface area contributed by atoms with Crippen LogP contribution in [0, 0.1) is 10.1 Å². The number of aromatic nitrogens is 3. The van der Waals surface area contributed by atoms with E-state index in [4.69, 9.17) is 0 Å². The Balaban J connectivity index is 1.72. The van der Waals surface area contributed by atoms with Crippen LogP contribution in [0.2, 0.25) is 0 Å². The van der Waals surface area contributed by atoms with Crippen molar-refractivity contribution in [1.82, 2.24) is 14.8 Å². The number of benzene rings is 2. The minimum Gasteiger partial charge on any atom is -0.381 e. The predicted octanol–water partition coefficient (Wildman–Crippen LogP) is 2.99. The minimum atomic E-state index is -0.552. The van der Waals surface area contributed by atoms with Crippen LogP contribution in [0.4, 0.5) is 11.4 Å². The zero-order valence-corrected chi connectivity index (χ0v) is 13.4. The zero-order chi connectivity index (χ0) is 17.8. The lowest BCUT2D eigenvalue weighted by atomic mass is 10.1. The molecule has 0 spiro atoms. The molecule has 3 aromatic rings. The highest BCUT2D eigenvalue weighted by Crippen LogP contribution is 2.23. The molecule has 0 atom stereocenters. The van der Waals surface area contributed by atoms with Gasteiger partial charge in [-0.25, -0.2) is 9.67 Å². The monoisotopic (exact) mass is 337 g/mol. The average Bonchev–Trinajstić information content (AvgIpc) is 3.14. The van der Waals surface area contributed by atoms with E-state index in [-0.39, 0.29) is 17.0 Å². The van der Waals surface area contributed by atoms with Crippen LogP contribution in [0.3, 0.4) is 0 Å². The summed E-state index contributed by atoms with van der Waals surface area (Å²) >= 11 is 0. The van der Waals surface area contributed by atoms with Crippen LogP contribution in [0.5, 0.6) is 0 Å². The molecule has 0 aliphatic carbocycles. The van der Waals surface area contributed by atoms with Crippen molar-refractivity contribution in [3.63, 3.8) is 0 Å². The molecule has 8 nitrogen and oxygen atoms in total. The van der Waals surface area contributed by atoms with Crippen LogP contribution in [-0.2, 0) is 6.54 Å². The number of hydrogen-bond acceptors (Lipinski definition) is 6. The maximum Gasteiger partial charge on any atom is 0.280 e. The van der Waals surface area contributed by atoms with E-state index in [1.54, 1.807) is 17.1 Å². The average molecular weight is 337 g/mol. The maximum absolute atomic E-state index is 11.6. The molecule has 126 valence electrons. The Labute approximate surface area is 143 Å². The summed E-state index contributed by atoms with van der Waals surface area (Å²) in [6.07, 6.45) is 3.09. The largest absolute Gasteiger partial charge is 0.381 e. The van der Waals surface area contributed by atoms with Crippen molar-refractivity contribution < 1.29 is 9.72 Å². The van der Waals surface area contributed by atoms with Crippen LogP contribution in [0.1, 0.15) is 22.8 Å². The SMILES string of the molecule is CC(=O)c1cc(NCc2ccc(-n3cncn3)cc2)ccc1[N+](=O)[O-]. The molecule has 1 heterocycles. The fraction of sp³-hybridized carbons (Fsp3) is 0.118. The van der Waals surface area contributed by atoms with E-state index < -0.39 is 4.92 Å². The Morgan fingerprint density at radius 2 is 2.00 bits per heavy atom. The molecule has 0 amide bonds. The third-order valence-electron chi connectivity index (χ3n) is 3.69. The highest BCUT2D eigenvalue weighted by Gasteiger charge is 2.17. The van der Waals surface area contributed by atoms with Gasteiger partial charge in [0.2, 0.25) is 0 Å². The van der Waals surface area contributed by atoms with E-state index in [1.165, 1.54) is 25.4 Å². The first kappa shape index (κ1) is 16.3. The number of hydrogen-bond donors (Lipinski definition) is 1. The van der Waals surface area contributed by atoms with Crippen LogP contribution in [0.15, 0.2) is 55.1 Å². The number of rotatable bonds is 6. The predicted molar refractivity (Wildman–Crippen MR) is 91.8 cm³/mol. The van der Waals surface area contributed by atoms with Gasteiger partial charge in [-0.15, -0.1) is 0 Å². The molecule has 1 N–H and O–H groups in total. The Morgan fingerprint density at radius 1 is 1.24 bits per heavy atom. The van der Waals surface area contributed by atoms with Crippen molar-refractivity contribution in [3.8, 4) is 5.69 Å². The molecule has 1 aromatic heterocycles. The Hall–Kier alpha value is -3.55. The van der Waals surface area contributed by atoms with Gasteiger partial charge in [-0.3, -0.25) is 14.9 Å². The van der Waals surface area contributed by atoms with Gasteiger partial charge in [0.1, 0.15) is 12.7 Å². The standard InChI is InChI=1S/C17H15N5O3/c1-12(23)16-8-14(4-7-17(16)22(24)25)19-9-13-2-5-15(6-3-13)21-11-18-10-20-21/h2-8,10-11,19H,9H2,1H3. The molecule has 0 fully saturated rings. The molecule has 0 unspecified atom stereocenters. The van der Waals surface area contributed by atoms with E-state index in [0.717, 1.165) is 11.3 Å². The van der Waals surface area contributed by atoms with Gasteiger partial charge in [0.05, 0.1) is 16.2 Å². The van der Waals surface area contributed by atoms with E-state index in [9.17, 15) is 14.9 Å². The molecule has 0 aliphatic rings. The number of carbonyl (C=O) groups excluding carboxylic acids is 1. The molecule has 0 radical (unpaired) electrons. The third-order valence-corrected chi connectivity index (χ3v) is 3.69. The van der Waals surface area contributed by atoms with Gasteiger partial charge in [0, 0.05) is 18.3 Å². The number of ketones is 1. The van der Waals surface area contributed by atoms with Crippen LogP contribution < -0.4 is 5.32 Å². The van der Waals surface area contributed by atoms with Gasteiger partial charge in [0.25, 0.3) is 5.69 Å². The first-order valence-corrected chi connectivity index (χ1v) is 7.52. The van der Waals surface area contributed by atoms with Gasteiger partial charge in [-0.2, -0.15) is 5.10 Å². The Kier molecular flexibility index (Phi) is 4.51. The van der Waals surface area contributed by atoms with Crippen molar-refractivity contribution in [2.24, 2.45) is 0 Å². The number of nitro groups is 1. The van der Waals surface area contributed by atoms with Crippen molar-refractivity contribution in [2.45, 2.75) is 13.5 Å². The van der Waals surface area contributed by atoms with Crippen molar-refractivity contribution in [2.75, 3.05) is 5.32 Å². The fourth-order valence-electron chi connectivity index (χ4n) is 2.40.